The lowest BCUT2D eigenvalue weighted by atomic mass is 10.1. The number of hydrogen-bond donors (Lipinski definition) is 1. The second-order valence-corrected chi connectivity index (χ2v) is 5.51. The normalized spacial score (nSPS) is 10.2. The Morgan fingerprint density at radius 1 is 1.00 bits per heavy atom. The molecule has 1 amide bonds. The van der Waals surface area contributed by atoms with E-state index in [1.807, 2.05) is 6.07 Å². The van der Waals surface area contributed by atoms with E-state index in [9.17, 15) is 14.7 Å². The van der Waals surface area contributed by atoms with Crippen LogP contribution in [0.15, 0.2) is 66.9 Å². The van der Waals surface area contributed by atoms with Crippen molar-refractivity contribution in [2.75, 3.05) is 5.32 Å². The summed E-state index contributed by atoms with van der Waals surface area (Å²) in [5.74, 6) is -1.23. The minimum atomic E-state index is -1.36. The van der Waals surface area contributed by atoms with Gasteiger partial charge in [-0.05, 0) is 42.8 Å². The fourth-order valence-electron chi connectivity index (χ4n) is 2.48. The number of carbonyl (C=O) groups excluding carboxylic acids is 2. The monoisotopic (exact) mass is 347 g/mol. The minimum Gasteiger partial charge on any atom is -0.545 e. The third-order valence-electron chi connectivity index (χ3n) is 3.70. The Bertz CT molecular complexity index is 955. The molecule has 1 heterocycles. The Kier molecular flexibility index (Phi) is 4.94. The Hall–Kier alpha value is -3.67. The first-order valence-electron chi connectivity index (χ1n) is 7.86. The van der Waals surface area contributed by atoms with E-state index in [-0.39, 0.29) is 22.7 Å². The number of hydrogen-bond acceptors (Lipinski definition) is 5. The first-order valence-corrected chi connectivity index (χ1v) is 7.86. The number of carbonyl (C=O) groups is 2. The lowest BCUT2D eigenvalue weighted by Gasteiger charge is -2.15. The molecule has 0 unspecified atom stereocenters. The first kappa shape index (κ1) is 17.2. The van der Waals surface area contributed by atoms with Crippen LogP contribution in [-0.2, 0) is 0 Å². The molecule has 6 heteroatoms. The van der Waals surface area contributed by atoms with Crippen molar-refractivity contribution in [1.82, 2.24) is 4.98 Å². The highest BCUT2D eigenvalue weighted by molar-refractivity contribution is 6.09. The highest BCUT2D eigenvalue weighted by Crippen LogP contribution is 2.25. The van der Waals surface area contributed by atoms with Gasteiger partial charge in [0.25, 0.3) is 5.91 Å². The molecule has 0 spiro atoms. The molecular weight excluding hydrogens is 332 g/mol. The lowest BCUT2D eigenvalue weighted by Crippen LogP contribution is -2.26. The molecule has 3 aromatic rings. The number of anilines is 1. The second kappa shape index (κ2) is 7.48. The van der Waals surface area contributed by atoms with Crippen molar-refractivity contribution in [2.24, 2.45) is 0 Å². The molecule has 130 valence electrons. The van der Waals surface area contributed by atoms with Crippen LogP contribution in [0.1, 0.15) is 26.3 Å². The lowest BCUT2D eigenvalue weighted by molar-refractivity contribution is -0.254. The zero-order valence-electron chi connectivity index (χ0n) is 13.9. The summed E-state index contributed by atoms with van der Waals surface area (Å²) in [6.45, 7) is 1.63. The summed E-state index contributed by atoms with van der Waals surface area (Å²) in [5.41, 5.74) is 0.775. The maximum atomic E-state index is 12.7. The van der Waals surface area contributed by atoms with Gasteiger partial charge in [0.1, 0.15) is 11.3 Å². The Morgan fingerprint density at radius 2 is 1.77 bits per heavy atom. The molecule has 3 rings (SSSR count). The smallest absolute Gasteiger partial charge is 0.261 e. The Labute approximate surface area is 150 Å². The van der Waals surface area contributed by atoms with Gasteiger partial charge in [-0.25, -0.2) is 4.98 Å². The van der Waals surface area contributed by atoms with Gasteiger partial charge >= 0.3 is 0 Å². The summed E-state index contributed by atoms with van der Waals surface area (Å²) >= 11 is 0. The molecule has 0 aliphatic rings. The van der Waals surface area contributed by atoms with Crippen LogP contribution in [0.3, 0.4) is 0 Å². The van der Waals surface area contributed by atoms with Crippen LogP contribution in [0, 0.1) is 6.92 Å². The van der Waals surface area contributed by atoms with Crippen LogP contribution in [0.5, 0.6) is 11.6 Å². The quantitative estimate of drug-likeness (QED) is 0.766. The van der Waals surface area contributed by atoms with E-state index in [0.717, 1.165) is 0 Å². The molecule has 0 atom stereocenters. The molecule has 26 heavy (non-hydrogen) atoms. The molecule has 0 saturated carbocycles. The summed E-state index contributed by atoms with van der Waals surface area (Å²) < 4.78 is 5.67. The fraction of sp³-hybridized carbons (Fsp3) is 0.0500. The van der Waals surface area contributed by atoms with E-state index < -0.39 is 11.9 Å². The number of nitrogens with zero attached hydrogens (tertiary/aromatic N) is 1. The number of ether oxygens (including phenoxy) is 1. The van der Waals surface area contributed by atoms with Crippen LogP contribution < -0.4 is 15.2 Å². The number of para-hydroxylation sites is 1. The maximum absolute atomic E-state index is 12.7. The predicted molar refractivity (Wildman–Crippen MR) is 94.2 cm³/mol. The highest BCUT2D eigenvalue weighted by atomic mass is 16.5. The van der Waals surface area contributed by atoms with Crippen LogP contribution in [0.2, 0.25) is 0 Å². The zero-order chi connectivity index (χ0) is 18.5. The highest BCUT2D eigenvalue weighted by Gasteiger charge is 2.16. The molecule has 0 saturated heterocycles. The van der Waals surface area contributed by atoms with Gasteiger partial charge in [0.2, 0.25) is 5.88 Å². The minimum absolute atomic E-state index is 0.0599. The molecule has 0 radical (unpaired) electrons. The molecular formula is C20H15N2O4-. The van der Waals surface area contributed by atoms with E-state index in [0.29, 0.717) is 11.3 Å². The topological polar surface area (TPSA) is 91.3 Å². The SMILES string of the molecule is Cc1cccc(NC(=O)c2cccnc2Oc2ccccc2)c1C(=O)[O-]. The standard InChI is InChI=1S/C20H16N2O4/c1-13-7-5-11-16(17(13)20(24)25)22-18(23)15-10-6-12-21-19(15)26-14-8-3-2-4-9-14/h2-12H,1H3,(H,22,23)(H,24,25)/p-1. The van der Waals surface area contributed by atoms with Crippen LogP contribution >= 0.6 is 0 Å². The number of aromatic nitrogens is 1. The number of amides is 1. The average Bonchev–Trinajstić information content (AvgIpc) is 2.62. The van der Waals surface area contributed by atoms with Crippen molar-refractivity contribution >= 4 is 17.6 Å². The number of rotatable bonds is 5. The Morgan fingerprint density at radius 3 is 2.50 bits per heavy atom. The van der Waals surface area contributed by atoms with Crippen LogP contribution in [0.25, 0.3) is 0 Å². The van der Waals surface area contributed by atoms with Crippen molar-refractivity contribution in [3.8, 4) is 11.6 Å². The van der Waals surface area contributed by atoms with Crippen molar-refractivity contribution in [1.29, 1.82) is 0 Å². The van der Waals surface area contributed by atoms with E-state index >= 15 is 0 Å². The summed E-state index contributed by atoms with van der Waals surface area (Å²) in [6.07, 6.45) is 1.51. The third-order valence-corrected chi connectivity index (χ3v) is 3.70. The largest absolute Gasteiger partial charge is 0.545 e. The van der Waals surface area contributed by atoms with Crippen molar-refractivity contribution in [3.05, 3.63) is 83.6 Å². The molecule has 1 N–H and O–H groups in total. The summed E-state index contributed by atoms with van der Waals surface area (Å²) in [7, 11) is 0. The van der Waals surface area contributed by atoms with Gasteiger partial charge in [0.05, 0.1) is 11.7 Å². The molecule has 0 aliphatic carbocycles. The van der Waals surface area contributed by atoms with E-state index in [1.165, 1.54) is 12.3 Å². The third kappa shape index (κ3) is 3.70. The summed E-state index contributed by atoms with van der Waals surface area (Å²) in [5, 5.41) is 14.0. The molecule has 0 fully saturated rings. The van der Waals surface area contributed by atoms with Crippen LogP contribution in [0.4, 0.5) is 5.69 Å². The number of benzene rings is 2. The average molecular weight is 347 g/mol. The number of carboxylic acids is 1. The predicted octanol–water partition coefficient (Wildman–Crippen LogP) is 2.80. The number of aryl methyl sites for hydroxylation is 1. The zero-order valence-corrected chi connectivity index (χ0v) is 13.9. The number of carboxylic acid groups (broad SMARTS) is 1. The molecule has 1 aromatic heterocycles. The number of aromatic carboxylic acids is 1. The van der Waals surface area contributed by atoms with Gasteiger partial charge in [-0.3, -0.25) is 4.79 Å². The summed E-state index contributed by atoms with van der Waals surface area (Å²) in [4.78, 5) is 28.1. The number of pyridine rings is 1. The summed E-state index contributed by atoms with van der Waals surface area (Å²) in [6, 6.07) is 16.9. The Balaban J connectivity index is 1.90. The van der Waals surface area contributed by atoms with Gasteiger partial charge in [-0.1, -0.05) is 30.3 Å². The van der Waals surface area contributed by atoms with Crippen molar-refractivity contribution in [3.63, 3.8) is 0 Å². The number of nitrogens with one attached hydrogen (secondary N) is 1. The van der Waals surface area contributed by atoms with Gasteiger partial charge in [-0.2, -0.15) is 0 Å². The molecule has 0 aliphatic heterocycles. The molecule has 2 aromatic carbocycles. The molecule has 0 bridgehead atoms. The van der Waals surface area contributed by atoms with Gasteiger partial charge in [0, 0.05) is 11.8 Å². The first-order chi connectivity index (χ1) is 12.6. The maximum Gasteiger partial charge on any atom is 0.261 e. The van der Waals surface area contributed by atoms with Crippen molar-refractivity contribution in [2.45, 2.75) is 6.92 Å². The van der Waals surface area contributed by atoms with Crippen molar-refractivity contribution < 1.29 is 19.4 Å². The van der Waals surface area contributed by atoms with E-state index in [1.54, 1.807) is 55.5 Å². The van der Waals surface area contributed by atoms with Crippen LogP contribution in [-0.4, -0.2) is 16.9 Å². The molecule has 6 nitrogen and oxygen atoms in total. The second-order valence-electron chi connectivity index (χ2n) is 5.51. The van der Waals surface area contributed by atoms with E-state index in [2.05, 4.69) is 10.3 Å². The van der Waals surface area contributed by atoms with Gasteiger partial charge < -0.3 is 20.0 Å². The van der Waals surface area contributed by atoms with Gasteiger partial charge in [0.15, 0.2) is 0 Å². The van der Waals surface area contributed by atoms with E-state index in [4.69, 9.17) is 4.74 Å². The fourth-order valence-corrected chi connectivity index (χ4v) is 2.48. The van der Waals surface area contributed by atoms with Gasteiger partial charge in [-0.15, -0.1) is 0 Å².